The van der Waals surface area contributed by atoms with Crippen LogP contribution in [0.25, 0.3) is 0 Å². The van der Waals surface area contributed by atoms with Crippen molar-refractivity contribution in [3.05, 3.63) is 10.8 Å². The van der Waals surface area contributed by atoms with Crippen molar-refractivity contribution in [3.8, 4) is 0 Å². The van der Waals surface area contributed by atoms with Crippen LogP contribution in [0.2, 0.25) is 0 Å². The molecule has 0 spiro atoms. The lowest BCUT2D eigenvalue weighted by atomic mass is 10.1. The summed E-state index contributed by atoms with van der Waals surface area (Å²) in [6, 6.07) is 0. The van der Waals surface area contributed by atoms with Crippen LogP contribution in [-0.4, -0.2) is 9.36 Å². The zero-order valence-electron chi connectivity index (χ0n) is 6.59. The lowest BCUT2D eigenvalue weighted by molar-refractivity contribution is 0.626. The van der Waals surface area contributed by atoms with E-state index >= 15 is 0 Å². The molecule has 2 nitrogen and oxygen atoms in total. The summed E-state index contributed by atoms with van der Waals surface area (Å²) in [4.78, 5) is 4.26. The highest BCUT2D eigenvalue weighted by atomic mass is 32.1. The Balaban J connectivity index is 2.58. The van der Waals surface area contributed by atoms with Gasteiger partial charge in [0, 0.05) is 6.42 Å². The number of hydrogen-bond donors (Lipinski definition) is 0. The van der Waals surface area contributed by atoms with Gasteiger partial charge in [0.2, 0.25) is 0 Å². The van der Waals surface area contributed by atoms with Crippen molar-refractivity contribution < 1.29 is 0 Å². The van der Waals surface area contributed by atoms with Gasteiger partial charge < -0.3 is 0 Å². The summed E-state index contributed by atoms with van der Waals surface area (Å²) >= 11 is 1.49. The Hall–Kier alpha value is -0.440. The lowest BCUT2D eigenvalue weighted by Gasteiger charge is -1.96. The third-order valence-electron chi connectivity index (χ3n) is 1.16. The first-order valence-electron chi connectivity index (χ1n) is 3.47. The molecule has 0 N–H and O–H groups in total. The average molecular weight is 156 g/mol. The van der Waals surface area contributed by atoms with E-state index < -0.39 is 0 Å². The summed E-state index contributed by atoms with van der Waals surface area (Å²) in [6.07, 6.45) is 1.00. The minimum absolute atomic E-state index is 0.661. The maximum Gasteiger partial charge on any atom is 0.142 e. The molecule has 0 amide bonds. The highest BCUT2D eigenvalue weighted by Crippen LogP contribution is 2.07. The summed E-state index contributed by atoms with van der Waals surface area (Å²) in [6.45, 7) is 6.34. The van der Waals surface area contributed by atoms with E-state index in [4.69, 9.17) is 0 Å². The predicted molar refractivity (Wildman–Crippen MR) is 43.2 cm³/mol. The molecular weight excluding hydrogens is 144 g/mol. The van der Waals surface area contributed by atoms with Crippen LogP contribution in [0.3, 0.4) is 0 Å². The van der Waals surface area contributed by atoms with Crippen molar-refractivity contribution in [1.82, 2.24) is 9.36 Å². The fourth-order valence-electron chi connectivity index (χ4n) is 0.789. The normalized spacial score (nSPS) is 10.8. The van der Waals surface area contributed by atoms with Crippen LogP contribution in [0, 0.1) is 12.8 Å². The molecule has 0 aliphatic carbocycles. The van der Waals surface area contributed by atoms with Gasteiger partial charge in [-0.2, -0.15) is 4.37 Å². The zero-order chi connectivity index (χ0) is 7.56. The van der Waals surface area contributed by atoms with Crippen molar-refractivity contribution >= 4 is 11.5 Å². The van der Waals surface area contributed by atoms with Gasteiger partial charge in [0.15, 0.2) is 0 Å². The summed E-state index contributed by atoms with van der Waals surface area (Å²) in [5, 5.41) is 1.07. The van der Waals surface area contributed by atoms with E-state index in [1.54, 1.807) is 0 Å². The summed E-state index contributed by atoms with van der Waals surface area (Å²) in [5.41, 5.74) is 0. The Morgan fingerprint density at radius 3 is 2.60 bits per heavy atom. The van der Waals surface area contributed by atoms with Crippen LogP contribution in [0.15, 0.2) is 0 Å². The fraction of sp³-hybridized carbons (Fsp3) is 0.714. The van der Waals surface area contributed by atoms with Gasteiger partial charge in [-0.3, -0.25) is 0 Å². The minimum Gasteiger partial charge on any atom is -0.225 e. The predicted octanol–water partition coefficient (Wildman–Crippen LogP) is 2.05. The van der Waals surface area contributed by atoms with Crippen LogP contribution in [0.4, 0.5) is 0 Å². The first-order valence-corrected chi connectivity index (χ1v) is 4.25. The second-order valence-electron chi connectivity index (χ2n) is 2.83. The van der Waals surface area contributed by atoms with E-state index in [0.717, 1.165) is 17.3 Å². The molecule has 1 aromatic rings. The van der Waals surface area contributed by atoms with E-state index in [-0.39, 0.29) is 0 Å². The molecule has 0 saturated carbocycles. The van der Waals surface area contributed by atoms with Crippen molar-refractivity contribution in [1.29, 1.82) is 0 Å². The average Bonchev–Trinajstić information content (AvgIpc) is 2.13. The number of hydrogen-bond acceptors (Lipinski definition) is 3. The second-order valence-corrected chi connectivity index (χ2v) is 3.78. The Morgan fingerprint density at radius 1 is 1.50 bits per heavy atom. The van der Waals surface area contributed by atoms with Crippen molar-refractivity contribution in [3.63, 3.8) is 0 Å². The number of aromatic nitrogens is 2. The lowest BCUT2D eigenvalue weighted by Crippen LogP contribution is -1.95. The molecule has 0 aliphatic heterocycles. The Bertz CT molecular complexity index is 205. The maximum absolute atomic E-state index is 4.26. The largest absolute Gasteiger partial charge is 0.225 e. The van der Waals surface area contributed by atoms with Crippen molar-refractivity contribution in [2.45, 2.75) is 27.2 Å². The quantitative estimate of drug-likeness (QED) is 0.655. The SMILES string of the molecule is Cc1nc(CC(C)C)ns1. The van der Waals surface area contributed by atoms with E-state index in [9.17, 15) is 0 Å². The van der Waals surface area contributed by atoms with Gasteiger partial charge in [-0.1, -0.05) is 13.8 Å². The van der Waals surface area contributed by atoms with E-state index in [1.807, 2.05) is 6.92 Å². The van der Waals surface area contributed by atoms with Gasteiger partial charge in [-0.15, -0.1) is 0 Å². The van der Waals surface area contributed by atoms with Crippen LogP contribution < -0.4 is 0 Å². The molecule has 0 atom stereocenters. The highest BCUT2D eigenvalue weighted by Gasteiger charge is 2.01. The molecule has 0 radical (unpaired) electrons. The Labute approximate surface area is 65.5 Å². The summed E-state index contributed by atoms with van der Waals surface area (Å²) < 4.78 is 4.19. The van der Waals surface area contributed by atoms with Crippen molar-refractivity contribution in [2.75, 3.05) is 0 Å². The molecule has 0 saturated heterocycles. The highest BCUT2D eigenvalue weighted by molar-refractivity contribution is 7.05. The Kier molecular flexibility index (Phi) is 2.38. The number of aryl methyl sites for hydroxylation is 1. The summed E-state index contributed by atoms with van der Waals surface area (Å²) in [5.74, 6) is 1.66. The first kappa shape index (κ1) is 7.66. The maximum atomic E-state index is 4.26. The monoisotopic (exact) mass is 156 g/mol. The minimum atomic E-state index is 0.661. The third kappa shape index (κ3) is 2.06. The standard InChI is InChI=1S/C7H12N2S/c1-5(2)4-7-8-6(3)10-9-7/h5H,4H2,1-3H3. The third-order valence-corrected chi connectivity index (χ3v) is 1.82. The Morgan fingerprint density at radius 2 is 2.20 bits per heavy atom. The van der Waals surface area contributed by atoms with Crippen LogP contribution in [0.5, 0.6) is 0 Å². The number of nitrogens with zero attached hydrogens (tertiary/aromatic N) is 2. The molecule has 0 aromatic carbocycles. The number of rotatable bonds is 2. The van der Waals surface area contributed by atoms with Crippen LogP contribution in [-0.2, 0) is 6.42 Å². The van der Waals surface area contributed by atoms with Gasteiger partial charge in [0.05, 0.1) is 0 Å². The van der Waals surface area contributed by atoms with E-state index in [1.165, 1.54) is 11.5 Å². The van der Waals surface area contributed by atoms with Gasteiger partial charge in [0.1, 0.15) is 10.8 Å². The van der Waals surface area contributed by atoms with Crippen molar-refractivity contribution in [2.24, 2.45) is 5.92 Å². The second kappa shape index (κ2) is 3.10. The fourth-order valence-corrected chi connectivity index (χ4v) is 1.29. The van der Waals surface area contributed by atoms with E-state index in [2.05, 4.69) is 23.2 Å². The molecule has 1 heterocycles. The van der Waals surface area contributed by atoms with Crippen LogP contribution >= 0.6 is 11.5 Å². The molecule has 0 bridgehead atoms. The van der Waals surface area contributed by atoms with Gasteiger partial charge in [-0.25, -0.2) is 4.98 Å². The zero-order valence-corrected chi connectivity index (χ0v) is 7.40. The summed E-state index contributed by atoms with van der Waals surface area (Å²) in [7, 11) is 0. The molecule has 0 unspecified atom stereocenters. The van der Waals surface area contributed by atoms with E-state index in [0.29, 0.717) is 5.92 Å². The molecule has 3 heteroatoms. The molecule has 1 aromatic heterocycles. The van der Waals surface area contributed by atoms with Gasteiger partial charge in [0.25, 0.3) is 0 Å². The topological polar surface area (TPSA) is 25.8 Å². The smallest absolute Gasteiger partial charge is 0.142 e. The molecule has 56 valence electrons. The molecule has 10 heavy (non-hydrogen) atoms. The van der Waals surface area contributed by atoms with Crippen LogP contribution in [0.1, 0.15) is 24.7 Å². The van der Waals surface area contributed by atoms with Gasteiger partial charge in [-0.05, 0) is 24.4 Å². The molecule has 0 aliphatic rings. The first-order chi connectivity index (χ1) is 4.68. The molecule has 1 rings (SSSR count). The van der Waals surface area contributed by atoms with Gasteiger partial charge >= 0.3 is 0 Å². The molecular formula is C7H12N2S. The molecule has 0 fully saturated rings.